The molecule has 2 aromatic carbocycles. The molecule has 0 atom stereocenters. The van der Waals surface area contributed by atoms with Gasteiger partial charge in [0.05, 0.1) is 30.2 Å². The predicted molar refractivity (Wildman–Crippen MR) is 122 cm³/mol. The van der Waals surface area contributed by atoms with E-state index in [0.717, 1.165) is 17.7 Å². The van der Waals surface area contributed by atoms with Gasteiger partial charge in [-0.25, -0.2) is 4.99 Å². The number of carbonyl (C=O) groups excluding carboxylic acids is 1. The van der Waals surface area contributed by atoms with Crippen molar-refractivity contribution in [1.82, 2.24) is 5.32 Å². The van der Waals surface area contributed by atoms with Crippen LogP contribution in [0, 0.1) is 0 Å². The van der Waals surface area contributed by atoms with Crippen LogP contribution >= 0.6 is 11.8 Å². The van der Waals surface area contributed by atoms with E-state index in [9.17, 15) is 9.59 Å². The number of aryl methyl sites for hydroxylation is 1. The monoisotopic (exact) mass is 440 g/mol. The number of benzene rings is 2. The second-order valence-electron chi connectivity index (χ2n) is 6.63. The molecule has 162 valence electrons. The zero-order chi connectivity index (χ0) is 22.2. The van der Waals surface area contributed by atoms with Crippen LogP contribution in [0.2, 0.25) is 0 Å². The summed E-state index contributed by atoms with van der Waals surface area (Å²) in [7, 11) is 0. The molecule has 8 heteroatoms. The molecule has 0 saturated carbocycles. The van der Waals surface area contributed by atoms with Crippen molar-refractivity contribution in [2.24, 2.45) is 4.99 Å². The summed E-state index contributed by atoms with van der Waals surface area (Å²) < 4.78 is 11.1. The Labute approximate surface area is 185 Å². The Hall–Kier alpha value is -3.26. The highest BCUT2D eigenvalue weighted by Gasteiger charge is 2.24. The maximum absolute atomic E-state index is 12.4. The van der Waals surface area contributed by atoms with Gasteiger partial charge in [0.2, 0.25) is 0 Å². The van der Waals surface area contributed by atoms with Crippen LogP contribution in [0.15, 0.2) is 52.4 Å². The number of carboxylic acids is 1. The fourth-order valence-corrected chi connectivity index (χ4v) is 3.65. The minimum atomic E-state index is -0.928. The maximum Gasteiger partial charge on any atom is 0.306 e. The lowest BCUT2D eigenvalue weighted by Crippen LogP contribution is -2.19. The number of amidine groups is 1. The molecule has 7 nitrogen and oxygen atoms in total. The molecule has 1 aliphatic heterocycles. The quantitative estimate of drug-likeness (QED) is 0.561. The average molecular weight is 441 g/mol. The molecule has 0 bridgehead atoms. The first-order valence-electron chi connectivity index (χ1n) is 9.98. The lowest BCUT2D eigenvalue weighted by molar-refractivity contribution is -0.137. The zero-order valence-electron chi connectivity index (χ0n) is 17.4. The van der Waals surface area contributed by atoms with Gasteiger partial charge >= 0.3 is 5.97 Å². The molecule has 1 saturated heterocycles. The van der Waals surface area contributed by atoms with E-state index >= 15 is 0 Å². The first kappa shape index (κ1) is 22.4. The smallest absolute Gasteiger partial charge is 0.306 e. The number of ether oxygens (including phenoxy) is 2. The van der Waals surface area contributed by atoms with Gasteiger partial charge in [-0.05, 0) is 66.6 Å². The maximum atomic E-state index is 12.4. The average Bonchev–Trinajstić information content (AvgIpc) is 3.08. The zero-order valence-corrected chi connectivity index (χ0v) is 18.2. The summed E-state index contributed by atoms with van der Waals surface area (Å²) in [5.74, 6) is -0.182. The number of carboxylic acid groups (broad SMARTS) is 1. The number of hydrogen-bond donors (Lipinski definition) is 2. The fraction of sp³-hybridized carbons (Fsp3) is 0.261. The summed E-state index contributed by atoms with van der Waals surface area (Å²) in [6, 6.07) is 13.2. The molecule has 0 aromatic heterocycles. The summed E-state index contributed by atoms with van der Waals surface area (Å²) in [6.45, 7) is 4.42. The minimum absolute atomic E-state index is 0.0488. The van der Waals surface area contributed by atoms with Crippen molar-refractivity contribution in [3.05, 3.63) is 58.5 Å². The molecule has 0 unspecified atom stereocenters. The normalized spacial score (nSPS) is 15.9. The molecular weight excluding hydrogens is 416 g/mol. The Morgan fingerprint density at radius 2 is 1.90 bits per heavy atom. The van der Waals surface area contributed by atoms with Crippen molar-refractivity contribution in [3.8, 4) is 11.5 Å². The van der Waals surface area contributed by atoms with E-state index in [2.05, 4.69) is 17.2 Å². The van der Waals surface area contributed by atoms with Gasteiger partial charge in [0.1, 0.15) is 0 Å². The first-order valence-corrected chi connectivity index (χ1v) is 10.8. The number of nitrogens with zero attached hydrogens (tertiary/aromatic N) is 1. The van der Waals surface area contributed by atoms with Gasteiger partial charge in [-0.3, -0.25) is 9.59 Å². The minimum Gasteiger partial charge on any atom is -0.490 e. The number of amides is 1. The summed E-state index contributed by atoms with van der Waals surface area (Å²) in [6.07, 6.45) is 2.62. The Bertz CT molecular complexity index is 1020. The van der Waals surface area contributed by atoms with Gasteiger partial charge < -0.3 is 19.9 Å². The highest BCUT2D eigenvalue weighted by Crippen LogP contribution is 2.32. The largest absolute Gasteiger partial charge is 0.490 e. The lowest BCUT2D eigenvalue weighted by atomic mass is 10.2. The number of carbonyl (C=O) groups is 2. The summed E-state index contributed by atoms with van der Waals surface area (Å²) in [5.41, 5.74) is 2.77. The Morgan fingerprint density at radius 1 is 1.13 bits per heavy atom. The number of rotatable bonds is 9. The van der Waals surface area contributed by atoms with E-state index in [1.807, 2.05) is 31.2 Å². The van der Waals surface area contributed by atoms with Crippen LogP contribution in [0.25, 0.3) is 6.08 Å². The van der Waals surface area contributed by atoms with E-state index in [4.69, 9.17) is 14.6 Å². The van der Waals surface area contributed by atoms with Gasteiger partial charge in [-0.2, -0.15) is 0 Å². The topological polar surface area (TPSA) is 97.2 Å². The van der Waals surface area contributed by atoms with Crippen LogP contribution in [-0.4, -0.2) is 35.4 Å². The van der Waals surface area contributed by atoms with Crippen LogP contribution in [-0.2, 0) is 16.0 Å². The number of thioether (sulfide) groups is 1. The highest BCUT2D eigenvalue weighted by molar-refractivity contribution is 8.18. The molecule has 0 radical (unpaired) electrons. The van der Waals surface area contributed by atoms with Crippen molar-refractivity contribution >= 4 is 40.6 Å². The third-order valence-corrected chi connectivity index (χ3v) is 5.27. The molecular formula is C23H24N2O5S. The number of aliphatic imine (C=N–C) groups is 1. The van der Waals surface area contributed by atoms with Crippen molar-refractivity contribution < 1.29 is 24.2 Å². The van der Waals surface area contributed by atoms with Gasteiger partial charge in [0.25, 0.3) is 5.91 Å². The number of hydrogen-bond acceptors (Lipinski definition) is 6. The van der Waals surface area contributed by atoms with Crippen LogP contribution in [0.1, 0.15) is 31.4 Å². The Kier molecular flexibility index (Phi) is 7.72. The Balaban J connectivity index is 1.75. The van der Waals surface area contributed by atoms with E-state index < -0.39 is 5.97 Å². The van der Waals surface area contributed by atoms with Gasteiger partial charge in [0, 0.05) is 0 Å². The standard InChI is InChI=1S/C23H24N2O5S/c1-3-15-5-8-17(9-6-15)24-23-25-22(28)20(31-23)14-16-7-10-18(19(13-16)29-4-2)30-12-11-21(26)27/h5-10,13-14H,3-4,11-12H2,1-2H3,(H,26,27)(H,24,25,28)/b20-14+. The fourth-order valence-electron chi connectivity index (χ4n) is 2.81. The van der Waals surface area contributed by atoms with E-state index in [1.165, 1.54) is 17.3 Å². The van der Waals surface area contributed by atoms with Crippen LogP contribution in [0.5, 0.6) is 11.5 Å². The van der Waals surface area contributed by atoms with Crippen molar-refractivity contribution in [2.45, 2.75) is 26.7 Å². The molecule has 31 heavy (non-hydrogen) atoms. The second kappa shape index (κ2) is 10.7. The number of nitrogens with one attached hydrogen (secondary N) is 1. The molecule has 1 amide bonds. The van der Waals surface area contributed by atoms with Crippen molar-refractivity contribution in [3.63, 3.8) is 0 Å². The molecule has 1 fully saturated rings. The summed E-state index contributed by atoms with van der Waals surface area (Å²) in [5, 5.41) is 12.1. The highest BCUT2D eigenvalue weighted by atomic mass is 32.2. The van der Waals surface area contributed by atoms with Crippen molar-refractivity contribution in [1.29, 1.82) is 0 Å². The van der Waals surface area contributed by atoms with Gasteiger partial charge in [0.15, 0.2) is 16.7 Å². The van der Waals surface area contributed by atoms with Crippen molar-refractivity contribution in [2.75, 3.05) is 13.2 Å². The van der Waals surface area contributed by atoms with Crippen LogP contribution < -0.4 is 14.8 Å². The number of aliphatic carboxylic acids is 1. The first-order chi connectivity index (χ1) is 15.0. The summed E-state index contributed by atoms with van der Waals surface area (Å²) >= 11 is 1.27. The van der Waals surface area contributed by atoms with Crippen LogP contribution in [0.4, 0.5) is 5.69 Å². The molecule has 2 aromatic rings. The second-order valence-corrected chi connectivity index (χ2v) is 7.66. The Morgan fingerprint density at radius 3 is 2.58 bits per heavy atom. The van der Waals surface area contributed by atoms with Gasteiger partial charge in [-0.15, -0.1) is 0 Å². The van der Waals surface area contributed by atoms with E-state index in [1.54, 1.807) is 24.3 Å². The third kappa shape index (κ3) is 6.36. The summed E-state index contributed by atoms with van der Waals surface area (Å²) in [4.78, 5) is 28.1. The van der Waals surface area contributed by atoms with E-state index in [0.29, 0.717) is 28.2 Å². The molecule has 2 N–H and O–H groups in total. The lowest BCUT2D eigenvalue weighted by Gasteiger charge is -2.12. The third-order valence-electron chi connectivity index (χ3n) is 4.36. The molecule has 0 aliphatic carbocycles. The predicted octanol–water partition coefficient (Wildman–Crippen LogP) is 4.39. The molecule has 1 aliphatic rings. The molecule has 1 heterocycles. The molecule has 3 rings (SSSR count). The van der Waals surface area contributed by atoms with E-state index in [-0.39, 0.29) is 18.9 Å². The SMILES string of the molecule is CCOc1cc(/C=C2/SC(=Nc3ccc(CC)cc3)NC2=O)ccc1OCCC(=O)O. The van der Waals surface area contributed by atoms with Gasteiger partial charge in [-0.1, -0.05) is 25.1 Å². The van der Waals surface area contributed by atoms with Crippen LogP contribution in [0.3, 0.4) is 0 Å². The molecule has 0 spiro atoms.